The molecule has 5 heteroatoms. The number of aromatic nitrogens is 1. The minimum atomic E-state index is -0.0138. The number of hydrogen-bond acceptors (Lipinski definition) is 5. The molecule has 0 spiro atoms. The molecule has 0 bridgehead atoms. The molecule has 0 unspecified atom stereocenters. The van der Waals surface area contributed by atoms with E-state index in [0.29, 0.717) is 13.2 Å². The van der Waals surface area contributed by atoms with Crippen LogP contribution in [0.4, 0.5) is 0 Å². The number of ether oxygens (including phenoxy) is 1. The van der Waals surface area contributed by atoms with Gasteiger partial charge in [0.05, 0.1) is 18.0 Å². The first-order valence-electron chi connectivity index (χ1n) is 10.9. The number of fused-ring (bicyclic) bond motifs is 1. The molecule has 150 valence electrons. The number of rotatable bonds is 5. The highest BCUT2D eigenvalue weighted by Crippen LogP contribution is 2.48. The number of pyridine rings is 1. The lowest BCUT2D eigenvalue weighted by Gasteiger charge is -2.42. The van der Waals surface area contributed by atoms with Crippen LogP contribution in [0.2, 0.25) is 0 Å². The molecule has 5 nitrogen and oxygen atoms in total. The van der Waals surface area contributed by atoms with E-state index in [-0.39, 0.29) is 5.41 Å². The third-order valence-electron chi connectivity index (χ3n) is 6.76. The maximum Gasteiger partial charge on any atom is 0.107 e. The monoisotopic (exact) mass is 388 g/mol. The van der Waals surface area contributed by atoms with Crippen molar-refractivity contribution in [1.29, 1.82) is 0 Å². The van der Waals surface area contributed by atoms with Crippen LogP contribution in [-0.4, -0.2) is 31.0 Å². The largest absolute Gasteiger partial charge is 0.384 e. The highest BCUT2D eigenvalue weighted by atomic mass is 16.5. The van der Waals surface area contributed by atoms with Gasteiger partial charge in [-0.3, -0.25) is 4.98 Å². The minimum Gasteiger partial charge on any atom is -0.384 e. The van der Waals surface area contributed by atoms with Gasteiger partial charge in [0, 0.05) is 23.8 Å². The molecule has 0 amide bonds. The zero-order valence-corrected chi connectivity index (χ0v) is 17.2. The number of aryl methyl sites for hydroxylation is 1. The molecule has 2 heterocycles. The maximum atomic E-state index is 5.71. The van der Waals surface area contributed by atoms with Crippen LogP contribution in [0.3, 0.4) is 0 Å². The van der Waals surface area contributed by atoms with Crippen molar-refractivity contribution in [2.75, 3.05) is 20.3 Å². The van der Waals surface area contributed by atoms with Crippen molar-refractivity contribution in [2.45, 2.75) is 56.8 Å². The Morgan fingerprint density at radius 1 is 0.966 bits per heavy atom. The van der Waals surface area contributed by atoms with E-state index in [4.69, 9.17) is 9.72 Å². The highest BCUT2D eigenvalue weighted by molar-refractivity contribution is 6.09. The summed E-state index contributed by atoms with van der Waals surface area (Å²) >= 11 is 0. The first-order valence-corrected chi connectivity index (χ1v) is 10.9. The smallest absolute Gasteiger partial charge is 0.107 e. The van der Waals surface area contributed by atoms with Gasteiger partial charge in [0.1, 0.15) is 6.54 Å². The predicted molar refractivity (Wildman–Crippen MR) is 115 cm³/mol. The Morgan fingerprint density at radius 2 is 1.79 bits per heavy atom. The lowest BCUT2D eigenvalue weighted by Crippen LogP contribution is -2.41. The molecule has 1 fully saturated rings. The summed E-state index contributed by atoms with van der Waals surface area (Å²) in [6, 6.07) is 10.8. The molecule has 1 aliphatic heterocycles. The molecule has 1 saturated carbocycles. The highest BCUT2D eigenvalue weighted by Gasteiger charge is 2.44. The Hall–Kier alpha value is -2.40. The van der Waals surface area contributed by atoms with Crippen molar-refractivity contribution >= 4 is 5.71 Å². The molecule has 0 saturated heterocycles. The molecule has 0 N–H and O–H groups in total. The van der Waals surface area contributed by atoms with Crippen molar-refractivity contribution in [3.8, 4) is 11.1 Å². The summed E-state index contributed by atoms with van der Waals surface area (Å²) in [6.45, 7) is 1.25. The topological polar surface area (TPSA) is 59.2 Å². The number of nitrogens with zero attached hydrogens (tertiary/aromatic N) is 4. The van der Waals surface area contributed by atoms with E-state index < -0.39 is 0 Å². The van der Waals surface area contributed by atoms with Gasteiger partial charge in [-0.05, 0) is 60.4 Å². The fourth-order valence-electron chi connectivity index (χ4n) is 5.18. The van der Waals surface area contributed by atoms with E-state index >= 15 is 0 Å². The average molecular weight is 389 g/mol. The fourth-order valence-corrected chi connectivity index (χ4v) is 5.18. The Balaban J connectivity index is 1.82. The standard InChI is InChI=1S/C24H28N4O/c1-29-16-24(13-8-14-24)23-22(20-15-25-28-27-20)21(17-9-4-2-5-10-17)18-11-6-3-7-12-19(18)26-23/h2,4-5,9-10H,3,6-8,11-16H2,1H3. The van der Waals surface area contributed by atoms with Crippen molar-refractivity contribution < 1.29 is 4.74 Å². The molecule has 0 radical (unpaired) electrons. The SMILES string of the molecule is COCC1(c2nc3c(c(-c4ccccc4)c2C2=NN=NC2)CCCCC3)CCC1. The van der Waals surface area contributed by atoms with Crippen LogP contribution in [0.1, 0.15) is 61.0 Å². The second-order valence-corrected chi connectivity index (χ2v) is 8.56. The van der Waals surface area contributed by atoms with Crippen molar-refractivity contribution in [1.82, 2.24) is 4.98 Å². The molecule has 0 atom stereocenters. The molecule has 2 aromatic rings. The molecule has 5 rings (SSSR count). The summed E-state index contributed by atoms with van der Waals surface area (Å²) in [7, 11) is 1.80. The summed E-state index contributed by atoms with van der Waals surface area (Å²) < 4.78 is 5.71. The van der Waals surface area contributed by atoms with Crippen LogP contribution in [0.5, 0.6) is 0 Å². The van der Waals surface area contributed by atoms with Gasteiger partial charge in [-0.25, -0.2) is 0 Å². The van der Waals surface area contributed by atoms with Gasteiger partial charge in [0.25, 0.3) is 0 Å². The Bertz CT molecular complexity index is 961. The summed E-state index contributed by atoms with van der Waals surface area (Å²) in [5, 5.41) is 12.6. The van der Waals surface area contributed by atoms with Crippen molar-refractivity contribution in [3.05, 3.63) is 52.8 Å². The Morgan fingerprint density at radius 3 is 2.48 bits per heavy atom. The lowest BCUT2D eigenvalue weighted by atomic mass is 9.64. The van der Waals surface area contributed by atoms with Gasteiger partial charge in [0.2, 0.25) is 0 Å². The molecule has 2 aliphatic carbocycles. The average Bonchev–Trinajstić information content (AvgIpc) is 3.15. The first-order chi connectivity index (χ1) is 14.3. The Kier molecular flexibility index (Phi) is 5.00. The molecular weight excluding hydrogens is 360 g/mol. The molecule has 1 aromatic heterocycles. The number of methoxy groups -OCH3 is 1. The fraction of sp³-hybridized carbons (Fsp3) is 0.500. The van der Waals surface area contributed by atoms with E-state index in [1.807, 2.05) is 0 Å². The lowest BCUT2D eigenvalue weighted by molar-refractivity contribution is 0.0761. The summed E-state index contributed by atoms with van der Waals surface area (Å²) in [5.41, 5.74) is 8.58. The second kappa shape index (κ2) is 7.79. The molecule has 1 aromatic carbocycles. The minimum absolute atomic E-state index is 0.0138. The van der Waals surface area contributed by atoms with Crippen LogP contribution < -0.4 is 0 Å². The summed E-state index contributed by atoms with van der Waals surface area (Å²) in [5.74, 6) is 0. The van der Waals surface area contributed by atoms with Crippen LogP contribution in [-0.2, 0) is 23.0 Å². The van der Waals surface area contributed by atoms with Crippen molar-refractivity contribution in [2.24, 2.45) is 15.4 Å². The second-order valence-electron chi connectivity index (χ2n) is 8.56. The zero-order valence-electron chi connectivity index (χ0n) is 17.2. The third kappa shape index (κ3) is 3.21. The van der Waals surface area contributed by atoms with E-state index in [9.17, 15) is 0 Å². The normalized spacial score (nSPS) is 20.0. The van der Waals surface area contributed by atoms with E-state index in [1.165, 1.54) is 59.3 Å². The van der Waals surface area contributed by atoms with E-state index in [1.54, 1.807) is 7.11 Å². The van der Waals surface area contributed by atoms with Gasteiger partial charge >= 0.3 is 0 Å². The zero-order chi connectivity index (χ0) is 19.7. The Labute approximate surface area is 172 Å². The maximum absolute atomic E-state index is 5.71. The molecule has 3 aliphatic rings. The van der Waals surface area contributed by atoms with E-state index in [0.717, 1.165) is 31.4 Å². The van der Waals surface area contributed by atoms with Crippen LogP contribution in [0, 0.1) is 0 Å². The van der Waals surface area contributed by atoms with Crippen LogP contribution in [0.25, 0.3) is 11.1 Å². The van der Waals surface area contributed by atoms with Crippen LogP contribution >= 0.6 is 0 Å². The predicted octanol–water partition coefficient (Wildman–Crippen LogP) is 5.26. The number of benzene rings is 1. The molecular formula is C24H28N4O. The first kappa shape index (κ1) is 18.6. The summed E-state index contributed by atoms with van der Waals surface area (Å²) in [4.78, 5) is 5.37. The van der Waals surface area contributed by atoms with Gasteiger partial charge in [0.15, 0.2) is 0 Å². The van der Waals surface area contributed by atoms with Gasteiger partial charge in [-0.2, -0.15) is 5.11 Å². The van der Waals surface area contributed by atoms with Crippen LogP contribution in [0.15, 0.2) is 45.8 Å². The van der Waals surface area contributed by atoms with E-state index in [2.05, 4.69) is 45.8 Å². The third-order valence-corrected chi connectivity index (χ3v) is 6.76. The van der Waals surface area contributed by atoms with Gasteiger partial charge in [-0.1, -0.05) is 43.2 Å². The van der Waals surface area contributed by atoms with Crippen molar-refractivity contribution in [3.63, 3.8) is 0 Å². The molecule has 29 heavy (non-hydrogen) atoms. The van der Waals surface area contributed by atoms with Gasteiger partial charge < -0.3 is 4.74 Å². The summed E-state index contributed by atoms with van der Waals surface area (Å²) in [6.07, 6.45) is 9.32. The quantitative estimate of drug-likeness (QED) is 0.656. The number of hydrogen-bond donors (Lipinski definition) is 0. The van der Waals surface area contributed by atoms with Gasteiger partial charge in [-0.15, -0.1) is 5.10 Å².